The second-order valence-electron chi connectivity index (χ2n) is 6.58. The highest BCUT2D eigenvalue weighted by atomic mass is 14.9. The number of nitrogens with one attached hydrogen (secondary N) is 1. The smallest absolute Gasteiger partial charge is 0.0328 e. The van der Waals surface area contributed by atoms with Gasteiger partial charge in [0.1, 0.15) is 0 Å². The average molecular weight is 245 g/mol. The maximum absolute atomic E-state index is 3.75. The van der Waals surface area contributed by atoms with Crippen molar-refractivity contribution in [1.82, 2.24) is 5.32 Å². The van der Waals surface area contributed by atoms with E-state index in [1.165, 1.54) is 31.2 Å². The molecular weight excluding hydrogens is 218 g/mol. The van der Waals surface area contributed by atoms with Crippen LogP contribution in [0, 0.1) is 12.3 Å². The maximum Gasteiger partial charge on any atom is 0.0328 e. The molecule has 0 amide bonds. The standard InChI is InChI=1S/C17H27N/c1-5-10-18-16-12-17(3,4)9-8-14-7-6-13(2)11-15(14)16/h6-7,11,16,18H,5,8-10,12H2,1-4H3. The minimum absolute atomic E-state index is 0.443. The summed E-state index contributed by atoms with van der Waals surface area (Å²) in [7, 11) is 0. The van der Waals surface area contributed by atoms with Crippen molar-refractivity contribution >= 4 is 0 Å². The number of hydrogen-bond acceptors (Lipinski definition) is 1. The average Bonchev–Trinajstić information content (AvgIpc) is 2.44. The zero-order valence-corrected chi connectivity index (χ0v) is 12.3. The van der Waals surface area contributed by atoms with Gasteiger partial charge >= 0.3 is 0 Å². The van der Waals surface area contributed by atoms with Crippen molar-refractivity contribution in [2.45, 2.75) is 59.4 Å². The van der Waals surface area contributed by atoms with Crippen molar-refractivity contribution in [3.63, 3.8) is 0 Å². The number of fused-ring (bicyclic) bond motifs is 1. The molecule has 1 atom stereocenters. The first kappa shape index (κ1) is 13.6. The first-order chi connectivity index (χ1) is 8.52. The Morgan fingerprint density at radius 3 is 2.83 bits per heavy atom. The number of hydrogen-bond donors (Lipinski definition) is 1. The topological polar surface area (TPSA) is 12.0 Å². The molecule has 100 valence electrons. The normalized spacial score (nSPS) is 22.3. The van der Waals surface area contributed by atoms with E-state index in [4.69, 9.17) is 0 Å². The van der Waals surface area contributed by atoms with Crippen molar-refractivity contribution in [1.29, 1.82) is 0 Å². The molecule has 1 aromatic rings. The third-order valence-electron chi connectivity index (χ3n) is 4.15. The molecule has 1 N–H and O–H groups in total. The van der Waals surface area contributed by atoms with Crippen LogP contribution < -0.4 is 5.32 Å². The van der Waals surface area contributed by atoms with Gasteiger partial charge in [0.05, 0.1) is 0 Å². The van der Waals surface area contributed by atoms with Crippen LogP contribution in [0.15, 0.2) is 18.2 Å². The Morgan fingerprint density at radius 2 is 2.11 bits per heavy atom. The van der Waals surface area contributed by atoms with Crippen LogP contribution in [0.5, 0.6) is 0 Å². The van der Waals surface area contributed by atoms with Gasteiger partial charge in [-0.25, -0.2) is 0 Å². The van der Waals surface area contributed by atoms with E-state index in [9.17, 15) is 0 Å². The van der Waals surface area contributed by atoms with Crippen LogP contribution in [0.25, 0.3) is 0 Å². The first-order valence-electron chi connectivity index (χ1n) is 7.34. The van der Waals surface area contributed by atoms with Gasteiger partial charge in [-0.3, -0.25) is 0 Å². The van der Waals surface area contributed by atoms with Gasteiger partial charge in [-0.15, -0.1) is 0 Å². The van der Waals surface area contributed by atoms with Gasteiger partial charge in [0, 0.05) is 6.04 Å². The minimum atomic E-state index is 0.443. The lowest BCUT2D eigenvalue weighted by Crippen LogP contribution is -2.26. The van der Waals surface area contributed by atoms with Crippen LogP contribution >= 0.6 is 0 Å². The van der Waals surface area contributed by atoms with Crippen molar-refractivity contribution in [2.24, 2.45) is 5.41 Å². The highest BCUT2D eigenvalue weighted by Crippen LogP contribution is 2.39. The molecular formula is C17H27N. The van der Waals surface area contributed by atoms with Gasteiger partial charge in [-0.05, 0) is 55.7 Å². The Labute approximate surface area is 112 Å². The molecule has 0 bridgehead atoms. The Balaban J connectivity index is 2.32. The third-order valence-corrected chi connectivity index (χ3v) is 4.15. The molecule has 0 heterocycles. The van der Waals surface area contributed by atoms with E-state index in [0.29, 0.717) is 11.5 Å². The maximum atomic E-state index is 3.75. The molecule has 1 heteroatoms. The molecule has 0 radical (unpaired) electrons. The summed E-state index contributed by atoms with van der Waals surface area (Å²) in [5.41, 5.74) is 4.93. The molecule has 0 saturated heterocycles. The fraction of sp³-hybridized carbons (Fsp3) is 0.647. The molecule has 18 heavy (non-hydrogen) atoms. The SMILES string of the molecule is CCCNC1CC(C)(C)CCc2ccc(C)cc21. The van der Waals surface area contributed by atoms with Gasteiger partial charge in [-0.2, -0.15) is 0 Å². The summed E-state index contributed by atoms with van der Waals surface area (Å²) in [6, 6.07) is 7.53. The summed E-state index contributed by atoms with van der Waals surface area (Å²) in [6.45, 7) is 10.4. The zero-order chi connectivity index (χ0) is 13.2. The molecule has 1 nitrogen and oxygen atoms in total. The third kappa shape index (κ3) is 3.14. The lowest BCUT2D eigenvalue weighted by atomic mass is 9.83. The second kappa shape index (κ2) is 5.44. The molecule has 0 aliphatic heterocycles. The Bertz CT molecular complexity index is 406. The van der Waals surface area contributed by atoms with Gasteiger partial charge < -0.3 is 5.32 Å². The van der Waals surface area contributed by atoms with Crippen LogP contribution in [0.2, 0.25) is 0 Å². The molecule has 2 rings (SSSR count). The Kier molecular flexibility index (Phi) is 4.11. The zero-order valence-electron chi connectivity index (χ0n) is 12.3. The molecule has 0 aromatic heterocycles. The summed E-state index contributed by atoms with van der Waals surface area (Å²) in [5, 5.41) is 3.75. The highest BCUT2D eigenvalue weighted by molar-refractivity contribution is 5.35. The summed E-state index contributed by atoms with van der Waals surface area (Å²) >= 11 is 0. The minimum Gasteiger partial charge on any atom is -0.310 e. The monoisotopic (exact) mass is 245 g/mol. The molecule has 1 aliphatic rings. The van der Waals surface area contributed by atoms with Crippen molar-refractivity contribution in [2.75, 3.05) is 6.54 Å². The van der Waals surface area contributed by atoms with E-state index >= 15 is 0 Å². The Morgan fingerprint density at radius 1 is 1.33 bits per heavy atom. The summed E-state index contributed by atoms with van der Waals surface area (Å²) < 4.78 is 0. The van der Waals surface area contributed by atoms with E-state index in [1.54, 1.807) is 11.1 Å². The summed E-state index contributed by atoms with van der Waals surface area (Å²) in [6.07, 6.45) is 4.99. The second-order valence-corrected chi connectivity index (χ2v) is 6.58. The van der Waals surface area contributed by atoms with Crippen LogP contribution in [-0.4, -0.2) is 6.54 Å². The fourth-order valence-electron chi connectivity index (χ4n) is 3.00. The van der Waals surface area contributed by atoms with Crippen LogP contribution in [-0.2, 0) is 6.42 Å². The fourth-order valence-corrected chi connectivity index (χ4v) is 3.00. The summed E-state index contributed by atoms with van der Waals surface area (Å²) in [5.74, 6) is 0. The predicted molar refractivity (Wildman–Crippen MR) is 78.9 cm³/mol. The molecule has 0 spiro atoms. The van der Waals surface area contributed by atoms with Gasteiger partial charge in [-0.1, -0.05) is 44.5 Å². The van der Waals surface area contributed by atoms with Gasteiger partial charge in [0.2, 0.25) is 0 Å². The van der Waals surface area contributed by atoms with E-state index in [1.807, 2.05) is 0 Å². The molecule has 1 aromatic carbocycles. The highest BCUT2D eigenvalue weighted by Gasteiger charge is 2.29. The van der Waals surface area contributed by atoms with E-state index in [2.05, 4.69) is 51.2 Å². The molecule has 0 fully saturated rings. The quantitative estimate of drug-likeness (QED) is 0.778. The van der Waals surface area contributed by atoms with Crippen molar-refractivity contribution in [3.8, 4) is 0 Å². The van der Waals surface area contributed by atoms with Gasteiger partial charge in [0.25, 0.3) is 0 Å². The lowest BCUT2D eigenvalue weighted by molar-refractivity contribution is 0.273. The van der Waals surface area contributed by atoms with E-state index in [-0.39, 0.29) is 0 Å². The molecule has 1 unspecified atom stereocenters. The number of aryl methyl sites for hydroxylation is 2. The largest absolute Gasteiger partial charge is 0.310 e. The van der Waals surface area contributed by atoms with Gasteiger partial charge in [0.15, 0.2) is 0 Å². The number of rotatable bonds is 3. The van der Waals surface area contributed by atoms with Crippen LogP contribution in [0.3, 0.4) is 0 Å². The van der Waals surface area contributed by atoms with Crippen molar-refractivity contribution < 1.29 is 0 Å². The Hall–Kier alpha value is -0.820. The summed E-state index contributed by atoms with van der Waals surface area (Å²) in [4.78, 5) is 0. The lowest BCUT2D eigenvalue weighted by Gasteiger charge is -2.28. The van der Waals surface area contributed by atoms with E-state index < -0.39 is 0 Å². The van der Waals surface area contributed by atoms with E-state index in [0.717, 1.165) is 6.54 Å². The number of benzene rings is 1. The molecule has 1 aliphatic carbocycles. The predicted octanol–water partition coefficient (Wildman–Crippen LogP) is 4.40. The first-order valence-corrected chi connectivity index (χ1v) is 7.34. The van der Waals surface area contributed by atoms with Crippen LogP contribution in [0.4, 0.5) is 0 Å². The molecule has 0 saturated carbocycles. The van der Waals surface area contributed by atoms with Crippen molar-refractivity contribution in [3.05, 3.63) is 34.9 Å². The van der Waals surface area contributed by atoms with Crippen LogP contribution in [0.1, 0.15) is 62.8 Å².